The number of aliphatic hydroxyl groups is 2. The molecule has 2 saturated heterocycles. The van der Waals surface area contributed by atoms with Crippen LogP contribution in [-0.4, -0.2) is 102 Å². The average molecular weight is 583 g/mol. The van der Waals surface area contributed by atoms with Gasteiger partial charge in [0.1, 0.15) is 5.75 Å². The summed E-state index contributed by atoms with van der Waals surface area (Å²) in [4.78, 5) is 19.7. The molecule has 2 unspecified atom stereocenters. The molecule has 226 valence electrons. The molecule has 2 amide bonds. The predicted molar refractivity (Wildman–Crippen MR) is 169 cm³/mol. The van der Waals surface area contributed by atoms with Crippen LogP contribution in [0.4, 0.5) is 10.5 Å². The lowest BCUT2D eigenvalue weighted by Gasteiger charge is -2.59. The fourth-order valence-corrected chi connectivity index (χ4v) is 5.95. The lowest BCUT2D eigenvalue weighted by atomic mass is 9.73. The number of rotatable bonds is 6. The van der Waals surface area contributed by atoms with E-state index in [1.807, 2.05) is 30.3 Å². The topological polar surface area (TPSA) is 88.5 Å². The Balaban J connectivity index is 1.40. The summed E-state index contributed by atoms with van der Waals surface area (Å²) in [6, 6.07) is 25.6. The summed E-state index contributed by atoms with van der Waals surface area (Å²) < 4.78 is 5.23. The third-order valence-electron chi connectivity index (χ3n) is 8.74. The van der Waals surface area contributed by atoms with Crippen LogP contribution in [0.1, 0.15) is 36.5 Å². The highest BCUT2D eigenvalue weighted by molar-refractivity contribution is 5.89. The van der Waals surface area contributed by atoms with Gasteiger partial charge in [-0.1, -0.05) is 42.2 Å². The molecule has 3 aromatic carbocycles. The number of benzene rings is 3. The number of amides is 2. The third kappa shape index (κ3) is 7.20. The minimum Gasteiger partial charge on any atom is -0.497 e. The van der Waals surface area contributed by atoms with Crippen molar-refractivity contribution in [3.8, 4) is 17.6 Å². The third-order valence-corrected chi connectivity index (χ3v) is 8.74. The Labute approximate surface area is 254 Å². The first-order valence-corrected chi connectivity index (χ1v) is 14.9. The fourth-order valence-electron chi connectivity index (χ4n) is 5.95. The van der Waals surface area contributed by atoms with Crippen LogP contribution in [0.2, 0.25) is 0 Å². The van der Waals surface area contributed by atoms with Crippen molar-refractivity contribution in [3.63, 3.8) is 0 Å². The number of methoxy groups -OCH3 is 1. The normalized spacial score (nSPS) is 23.8. The average Bonchev–Trinajstić information content (AvgIpc) is 3.01. The summed E-state index contributed by atoms with van der Waals surface area (Å²) in [5.41, 5.74) is 3.73. The zero-order valence-electron chi connectivity index (χ0n) is 25.4. The number of carbonyl (C=O) groups is 1. The first kappa shape index (κ1) is 30.6. The van der Waals surface area contributed by atoms with E-state index in [0.717, 1.165) is 17.7 Å². The number of hydrogen-bond acceptors (Lipinski definition) is 6. The standard InChI is InChI=1S/C35H42N4O4/c1-24(2)37(3)20-30-34(27-14-12-26(13-15-27)11-10-25-8-6-5-7-9-25)31-21-38(22-32(40)33(41)23-39(30)31)35(42)36-28-16-18-29(43-4)19-17-28/h5-9,12-19,24,30-34,40-41H,20-23H2,1-4H3,(H,36,42)/t30-,31+,32?,33?,34+/m1/s1. The number of hydrogen-bond donors (Lipinski definition) is 3. The van der Waals surface area contributed by atoms with Gasteiger partial charge in [0.25, 0.3) is 0 Å². The molecule has 8 nitrogen and oxygen atoms in total. The number of carbonyl (C=O) groups excluding carboxylic acids is 1. The summed E-state index contributed by atoms with van der Waals surface area (Å²) in [6.07, 6.45) is -2.02. The van der Waals surface area contributed by atoms with E-state index in [-0.39, 0.29) is 30.6 Å². The number of fused-ring (bicyclic) bond motifs is 1. The molecule has 2 fully saturated rings. The number of nitrogens with one attached hydrogen (secondary N) is 1. The van der Waals surface area contributed by atoms with Gasteiger partial charge in [-0.2, -0.15) is 0 Å². The molecule has 0 aromatic heterocycles. The Morgan fingerprint density at radius 1 is 0.930 bits per heavy atom. The molecule has 2 aliphatic heterocycles. The van der Waals surface area contributed by atoms with Crippen LogP contribution in [0.5, 0.6) is 5.75 Å². The molecule has 43 heavy (non-hydrogen) atoms. The highest BCUT2D eigenvalue weighted by atomic mass is 16.5. The van der Waals surface area contributed by atoms with Crippen LogP contribution in [0.15, 0.2) is 78.9 Å². The molecule has 3 N–H and O–H groups in total. The maximum atomic E-state index is 13.5. The van der Waals surface area contributed by atoms with E-state index >= 15 is 0 Å². The number of β-amino-alcohol motifs (C(OH)–C–C–N with tert-alkyl or cyclic N) is 1. The largest absolute Gasteiger partial charge is 0.497 e. The Bertz CT molecular complexity index is 1420. The molecule has 0 aliphatic carbocycles. The molecular weight excluding hydrogens is 540 g/mol. The van der Waals surface area contributed by atoms with Crippen LogP contribution in [0.25, 0.3) is 0 Å². The van der Waals surface area contributed by atoms with Gasteiger partial charge >= 0.3 is 6.03 Å². The number of anilines is 1. The lowest BCUT2D eigenvalue weighted by molar-refractivity contribution is -0.107. The molecule has 0 saturated carbocycles. The van der Waals surface area contributed by atoms with Gasteiger partial charge in [-0.25, -0.2) is 4.79 Å². The maximum Gasteiger partial charge on any atom is 0.321 e. The van der Waals surface area contributed by atoms with Crippen LogP contribution in [-0.2, 0) is 0 Å². The van der Waals surface area contributed by atoms with E-state index in [0.29, 0.717) is 30.6 Å². The number of aliphatic hydroxyl groups excluding tert-OH is 2. The monoisotopic (exact) mass is 582 g/mol. The van der Waals surface area contributed by atoms with Crippen molar-refractivity contribution < 1.29 is 19.7 Å². The van der Waals surface area contributed by atoms with Gasteiger partial charge in [0.15, 0.2) is 0 Å². The molecule has 2 aliphatic rings. The smallest absolute Gasteiger partial charge is 0.321 e. The Kier molecular flexibility index (Phi) is 9.69. The second-order valence-electron chi connectivity index (χ2n) is 11.8. The molecule has 2 heterocycles. The van der Waals surface area contributed by atoms with E-state index in [9.17, 15) is 15.0 Å². The summed E-state index contributed by atoms with van der Waals surface area (Å²) in [5.74, 6) is 7.32. The zero-order valence-corrected chi connectivity index (χ0v) is 25.4. The molecular formula is C35H42N4O4. The second kappa shape index (κ2) is 13.6. The predicted octanol–water partition coefficient (Wildman–Crippen LogP) is 3.84. The second-order valence-corrected chi connectivity index (χ2v) is 11.8. The first-order valence-electron chi connectivity index (χ1n) is 14.9. The SMILES string of the molecule is COc1ccc(NC(=O)N2CC(O)C(O)CN3[C@H](CN(C)C(C)C)[C@H](c4ccc(C#Cc5ccccc5)cc4)[C@@H]3C2)cc1. The summed E-state index contributed by atoms with van der Waals surface area (Å²) in [6.45, 7) is 5.97. The van der Waals surface area contributed by atoms with Crippen LogP contribution in [0, 0.1) is 11.8 Å². The van der Waals surface area contributed by atoms with Gasteiger partial charge in [0.05, 0.1) is 25.9 Å². The molecule has 0 bridgehead atoms. The molecule has 5 rings (SSSR count). The molecule has 8 heteroatoms. The van der Waals surface area contributed by atoms with E-state index in [1.54, 1.807) is 36.3 Å². The Morgan fingerprint density at radius 2 is 1.56 bits per heavy atom. The van der Waals surface area contributed by atoms with Crippen molar-refractivity contribution >= 4 is 11.7 Å². The molecule has 0 radical (unpaired) electrons. The molecule has 3 aromatic rings. The highest BCUT2D eigenvalue weighted by Crippen LogP contribution is 2.43. The lowest BCUT2D eigenvalue weighted by Crippen LogP contribution is -2.72. The van der Waals surface area contributed by atoms with Gasteiger partial charge in [-0.3, -0.25) is 4.90 Å². The summed E-state index contributed by atoms with van der Waals surface area (Å²) in [7, 11) is 3.71. The molecule has 5 atom stereocenters. The van der Waals surface area contributed by atoms with Gasteiger partial charge in [0, 0.05) is 60.5 Å². The Morgan fingerprint density at radius 3 is 2.19 bits per heavy atom. The number of likely N-dealkylation sites (N-methyl/N-ethyl adjacent to an activating group) is 1. The zero-order chi connectivity index (χ0) is 30.5. The van der Waals surface area contributed by atoms with Crippen molar-refractivity contribution in [1.82, 2.24) is 14.7 Å². The van der Waals surface area contributed by atoms with Crippen LogP contribution >= 0.6 is 0 Å². The van der Waals surface area contributed by atoms with Gasteiger partial charge in [-0.15, -0.1) is 0 Å². The minimum absolute atomic E-state index is 0.0180. The summed E-state index contributed by atoms with van der Waals surface area (Å²) >= 11 is 0. The van der Waals surface area contributed by atoms with Crippen molar-refractivity contribution in [1.29, 1.82) is 0 Å². The van der Waals surface area contributed by atoms with Crippen LogP contribution < -0.4 is 10.1 Å². The van der Waals surface area contributed by atoms with E-state index in [4.69, 9.17) is 4.74 Å². The first-order chi connectivity index (χ1) is 20.7. The minimum atomic E-state index is -1.05. The van der Waals surface area contributed by atoms with Gasteiger partial charge in [0.2, 0.25) is 0 Å². The van der Waals surface area contributed by atoms with E-state index in [2.05, 4.69) is 72.1 Å². The number of urea groups is 1. The quantitative estimate of drug-likeness (QED) is 0.383. The van der Waals surface area contributed by atoms with Crippen LogP contribution in [0.3, 0.4) is 0 Å². The van der Waals surface area contributed by atoms with Crippen molar-refractivity contribution in [3.05, 3.63) is 95.6 Å². The number of nitrogens with zero attached hydrogens (tertiary/aromatic N) is 3. The highest BCUT2D eigenvalue weighted by Gasteiger charge is 2.52. The molecule has 0 spiro atoms. The van der Waals surface area contributed by atoms with E-state index in [1.165, 1.54) is 5.56 Å². The maximum absolute atomic E-state index is 13.5. The van der Waals surface area contributed by atoms with Crippen molar-refractivity contribution in [2.45, 2.75) is 50.1 Å². The van der Waals surface area contributed by atoms with Gasteiger partial charge in [-0.05, 0) is 75.0 Å². The summed E-state index contributed by atoms with van der Waals surface area (Å²) in [5, 5.41) is 24.7. The van der Waals surface area contributed by atoms with E-state index < -0.39 is 12.2 Å². The Hall–Kier alpha value is -3.87. The van der Waals surface area contributed by atoms with Crippen molar-refractivity contribution in [2.24, 2.45) is 0 Å². The van der Waals surface area contributed by atoms with Gasteiger partial charge < -0.3 is 30.1 Å². The van der Waals surface area contributed by atoms with Crippen molar-refractivity contribution in [2.75, 3.05) is 45.7 Å². The number of ether oxygens (including phenoxy) is 1. The fraction of sp³-hybridized carbons (Fsp3) is 0.400.